The van der Waals surface area contributed by atoms with Crippen molar-refractivity contribution in [1.29, 1.82) is 0 Å². The van der Waals surface area contributed by atoms with E-state index in [1.54, 1.807) is 0 Å². The lowest BCUT2D eigenvalue weighted by molar-refractivity contribution is 0.324. The van der Waals surface area contributed by atoms with E-state index in [-0.39, 0.29) is 18.0 Å². The van der Waals surface area contributed by atoms with Gasteiger partial charge < -0.3 is 14.2 Å². The van der Waals surface area contributed by atoms with E-state index in [4.69, 9.17) is 14.2 Å². The molecule has 0 amide bonds. The van der Waals surface area contributed by atoms with E-state index in [1.807, 2.05) is 68.5 Å². The van der Waals surface area contributed by atoms with E-state index < -0.39 is 0 Å². The van der Waals surface area contributed by atoms with E-state index in [9.17, 15) is 0 Å². The Morgan fingerprint density at radius 2 is 1.10 bits per heavy atom. The summed E-state index contributed by atoms with van der Waals surface area (Å²) in [4.78, 5) is 13.0. The molecule has 158 valence electrons. The molecule has 0 bridgehead atoms. The lowest BCUT2D eigenvalue weighted by Gasteiger charge is -2.18. The summed E-state index contributed by atoms with van der Waals surface area (Å²) in [7, 11) is 0. The van der Waals surface area contributed by atoms with Crippen LogP contribution in [0.15, 0.2) is 72.0 Å². The van der Waals surface area contributed by atoms with Gasteiger partial charge in [0.05, 0.1) is 0 Å². The summed E-state index contributed by atoms with van der Waals surface area (Å²) in [5.74, 6) is 2.42. The summed E-state index contributed by atoms with van der Waals surface area (Å²) >= 11 is 0. The first-order valence-electron chi connectivity index (χ1n) is 10.2. The number of hydrogen-bond acceptors (Lipinski definition) is 6. The fourth-order valence-electron chi connectivity index (χ4n) is 2.99. The van der Waals surface area contributed by atoms with Crippen molar-refractivity contribution in [3.63, 3.8) is 0 Å². The molecule has 1 aromatic heterocycles. The van der Waals surface area contributed by atoms with Crippen LogP contribution in [0.5, 0.6) is 29.5 Å². The first-order valence-corrected chi connectivity index (χ1v) is 10.2. The molecule has 0 radical (unpaired) electrons. The monoisotopic (exact) mass is 415 g/mol. The maximum atomic E-state index is 5.96. The second-order valence-corrected chi connectivity index (χ2v) is 7.76. The van der Waals surface area contributed by atoms with Crippen molar-refractivity contribution < 1.29 is 14.2 Å². The Morgan fingerprint density at radius 1 is 0.645 bits per heavy atom. The zero-order chi connectivity index (χ0) is 21.8. The molecule has 0 aliphatic heterocycles. The summed E-state index contributed by atoms with van der Waals surface area (Å²) < 4.78 is 17.7. The van der Waals surface area contributed by atoms with E-state index in [0.29, 0.717) is 17.4 Å². The molecule has 4 rings (SSSR count). The summed E-state index contributed by atoms with van der Waals surface area (Å²) in [6.45, 7) is 8.30. The molecule has 1 atom stereocenters. The average molecular weight is 415 g/mol. The molecule has 0 saturated carbocycles. The van der Waals surface area contributed by atoms with Gasteiger partial charge in [-0.05, 0) is 57.0 Å². The Labute approximate surface area is 182 Å². The smallest absolute Gasteiger partial charge is 0.331 e. The highest BCUT2D eigenvalue weighted by atomic mass is 16.5. The molecule has 0 fully saturated rings. The molecule has 0 spiro atoms. The minimum absolute atomic E-state index is 0.104. The van der Waals surface area contributed by atoms with Gasteiger partial charge in [0.1, 0.15) is 17.3 Å². The van der Waals surface area contributed by atoms with Gasteiger partial charge in [-0.1, -0.05) is 54.0 Å². The Hall–Kier alpha value is -3.67. The van der Waals surface area contributed by atoms with Gasteiger partial charge in [0, 0.05) is 6.42 Å². The first kappa shape index (κ1) is 20.6. The van der Waals surface area contributed by atoms with Crippen molar-refractivity contribution >= 4 is 0 Å². The van der Waals surface area contributed by atoms with Crippen molar-refractivity contribution in [2.24, 2.45) is 5.92 Å². The van der Waals surface area contributed by atoms with Crippen LogP contribution in [0.2, 0.25) is 0 Å². The molecular weight excluding hydrogens is 390 g/mol. The Morgan fingerprint density at radius 3 is 1.55 bits per heavy atom. The van der Waals surface area contributed by atoms with Gasteiger partial charge in [-0.3, -0.25) is 0 Å². The normalized spacial score (nSPS) is 15.7. The van der Waals surface area contributed by atoms with Crippen LogP contribution >= 0.6 is 0 Å². The fraction of sp³-hybridized carbons (Fsp3) is 0.240. The molecule has 0 saturated heterocycles. The third-order valence-corrected chi connectivity index (χ3v) is 5.07. The van der Waals surface area contributed by atoms with Crippen molar-refractivity contribution in [2.75, 3.05) is 0 Å². The van der Waals surface area contributed by atoms with Gasteiger partial charge in [0.2, 0.25) is 0 Å². The molecule has 6 nitrogen and oxygen atoms in total. The van der Waals surface area contributed by atoms with Crippen LogP contribution < -0.4 is 14.2 Å². The standard InChI is InChI=1S/C25H25N3O3/c1-16-5-10-20(11-6-16)29-23-26-24(30-21-12-7-17(2)8-13-21)28-25(27-23)31-22-14-9-18(3)19(4)15-22/h5-14,19H,15H2,1-4H3. The van der Waals surface area contributed by atoms with Crippen molar-refractivity contribution in [1.82, 2.24) is 15.0 Å². The topological polar surface area (TPSA) is 66.4 Å². The second-order valence-electron chi connectivity index (χ2n) is 7.76. The molecule has 3 aromatic rings. The number of allylic oxidation sites excluding steroid dienone is 4. The molecule has 1 aliphatic rings. The highest BCUT2D eigenvalue weighted by molar-refractivity contribution is 5.31. The van der Waals surface area contributed by atoms with Crippen LogP contribution in [0.3, 0.4) is 0 Å². The number of benzene rings is 2. The largest absolute Gasteiger partial charge is 0.429 e. The van der Waals surface area contributed by atoms with Crippen molar-refractivity contribution in [2.45, 2.75) is 34.1 Å². The number of ether oxygens (including phenoxy) is 3. The average Bonchev–Trinajstić information content (AvgIpc) is 2.74. The summed E-state index contributed by atoms with van der Waals surface area (Å²) in [6.07, 6.45) is 4.77. The zero-order valence-electron chi connectivity index (χ0n) is 18.1. The molecule has 1 aliphatic carbocycles. The molecule has 0 N–H and O–H groups in total. The zero-order valence-corrected chi connectivity index (χ0v) is 18.1. The second kappa shape index (κ2) is 9.00. The van der Waals surface area contributed by atoms with Gasteiger partial charge in [-0.15, -0.1) is 15.0 Å². The number of rotatable bonds is 6. The van der Waals surface area contributed by atoms with Crippen LogP contribution in [0.1, 0.15) is 31.4 Å². The van der Waals surface area contributed by atoms with Crippen LogP contribution in [-0.2, 0) is 0 Å². The SMILES string of the molecule is CC1=CC=C(Oc2nc(Oc3ccc(C)cc3)nc(Oc3ccc(C)cc3)n2)CC1C. The number of aromatic nitrogens is 3. The van der Waals surface area contributed by atoms with Crippen LogP contribution in [0.4, 0.5) is 0 Å². The molecule has 31 heavy (non-hydrogen) atoms. The quantitative estimate of drug-likeness (QED) is 0.469. The van der Waals surface area contributed by atoms with Crippen LogP contribution in [0, 0.1) is 19.8 Å². The molecule has 1 heterocycles. The van der Waals surface area contributed by atoms with Crippen molar-refractivity contribution in [3.8, 4) is 29.5 Å². The molecule has 2 aromatic carbocycles. The predicted molar refractivity (Wildman–Crippen MR) is 119 cm³/mol. The van der Waals surface area contributed by atoms with Crippen LogP contribution in [0.25, 0.3) is 0 Å². The van der Waals surface area contributed by atoms with Crippen molar-refractivity contribution in [3.05, 3.63) is 83.1 Å². The molecule has 1 unspecified atom stereocenters. The van der Waals surface area contributed by atoms with E-state index in [2.05, 4.69) is 34.9 Å². The minimum atomic E-state index is 0.104. The minimum Gasteiger partial charge on any atom is -0.429 e. The Bertz CT molecular complexity index is 1050. The molecule has 6 heteroatoms. The maximum absolute atomic E-state index is 5.96. The third-order valence-electron chi connectivity index (χ3n) is 5.07. The summed E-state index contributed by atoms with van der Waals surface area (Å²) in [5, 5.41) is 0. The lowest BCUT2D eigenvalue weighted by atomic mass is 9.94. The number of aryl methyl sites for hydroxylation is 2. The third kappa shape index (κ3) is 5.48. The van der Waals surface area contributed by atoms with Gasteiger partial charge >= 0.3 is 18.0 Å². The highest BCUT2D eigenvalue weighted by Crippen LogP contribution is 2.28. The highest BCUT2D eigenvalue weighted by Gasteiger charge is 2.17. The maximum Gasteiger partial charge on any atom is 0.331 e. The van der Waals surface area contributed by atoms with E-state index in [1.165, 1.54) is 5.57 Å². The lowest BCUT2D eigenvalue weighted by Crippen LogP contribution is -2.09. The van der Waals surface area contributed by atoms with Gasteiger partial charge in [0.15, 0.2) is 0 Å². The van der Waals surface area contributed by atoms with E-state index in [0.717, 1.165) is 23.3 Å². The Kier molecular flexibility index (Phi) is 5.98. The summed E-state index contributed by atoms with van der Waals surface area (Å²) in [5.41, 5.74) is 3.59. The first-order chi connectivity index (χ1) is 14.9. The van der Waals surface area contributed by atoms with Gasteiger partial charge in [-0.25, -0.2) is 0 Å². The molecular formula is C25H25N3O3. The van der Waals surface area contributed by atoms with Gasteiger partial charge in [0.25, 0.3) is 0 Å². The van der Waals surface area contributed by atoms with Crippen LogP contribution in [-0.4, -0.2) is 15.0 Å². The summed E-state index contributed by atoms with van der Waals surface area (Å²) in [6, 6.07) is 15.6. The number of nitrogens with zero attached hydrogens (tertiary/aromatic N) is 3. The predicted octanol–water partition coefficient (Wildman–Crippen LogP) is 6.32. The van der Waals surface area contributed by atoms with E-state index >= 15 is 0 Å². The Balaban J connectivity index is 1.62. The number of hydrogen-bond donors (Lipinski definition) is 0. The van der Waals surface area contributed by atoms with Gasteiger partial charge in [-0.2, -0.15) is 0 Å². The fourth-order valence-corrected chi connectivity index (χ4v) is 2.99.